The lowest BCUT2D eigenvalue weighted by molar-refractivity contribution is -0.161. The second-order valence-corrected chi connectivity index (χ2v) is 21.3. The summed E-state index contributed by atoms with van der Waals surface area (Å²) in [4.78, 5) is 48.5. The Hall–Kier alpha value is -2.04. The van der Waals surface area contributed by atoms with Crippen LogP contribution in [0.3, 0.4) is 0 Å². The molecule has 0 aromatic rings. The first-order valence-corrected chi connectivity index (χ1v) is 30.7. The van der Waals surface area contributed by atoms with Crippen molar-refractivity contribution in [3.05, 3.63) is 24.3 Å². The number of esters is 3. The topological polar surface area (TPSA) is 155 Å². The Bertz CT molecular complexity index is 1270. The summed E-state index contributed by atoms with van der Waals surface area (Å²) in [6, 6.07) is 0. The molecule has 0 heterocycles. The van der Waals surface area contributed by atoms with Gasteiger partial charge in [0.2, 0.25) is 0 Å². The van der Waals surface area contributed by atoms with Crippen molar-refractivity contribution in [2.75, 3.05) is 26.4 Å². The van der Waals surface area contributed by atoms with Gasteiger partial charge in [-0.2, -0.15) is 0 Å². The monoisotopic (exact) mass is 1010 g/mol. The fraction of sp³-hybridized carbons (Fsp3) is 0.879. The first-order chi connectivity index (χ1) is 34.2. The number of carbonyl (C=O) groups is 3. The molecule has 0 amide bonds. The number of unbranched alkanes of at least 4 members (excludes halogenated alkanes) is 34. The highest BCUT2D eigenvalue weighted by Gasteiger charge is 2.28. The van der Waals surface area contributed by atoms with E-state index in [1.165, 1.54) is 154 Å². The van der Waals surface area contributed by atoms with Gasteiger partial charge in [-0.25, -0.2) is 4.57 Å². The Morgan fingerprint density at radius 3 is 1.09 bits per heavy atom. The Kier molecular flexibility index (Phi) is 51.7. The number of hydrogen-bond donors (Lipinski definition) is 2. The maximum Gasteiger partial charge on any atom is 0.472 e. The number of carbonyl (C=O) groups excluding carboxylic acids is 3. The van der Waals surface area contributed by atoms with Crippen LogP contribution in [0.2, 0.25) is 0 Å². The van der Waals surface area contributed by atoms with E-state index in [0.29, 0.717) is 19.3 Å². The van der Waals surface area contributed by atoms with Crippen LogP contribution in [0.15, 0.2) is 24.3 Å². The van der Waals surface area contributed by atoms with E-state index in [2.05, 4.69) is 45.1 Å². The van der Waals surface area contributed by atoms with Crippen LogP contribution in [0.1, 0.15) is 290 Å². The molecular weight excluding hydrogens is 904 g/mol. The molecule has 412 valence electrons. The fourth-order valence-corrected chi connectivity index (χ4v) is 9.17. The van der Waals surface area contributed by atoms with Crippen LogP contribution in [-0.2, 0) is 42.2 Å². The molecule has 3 atom stereocenters. The zero-order valence-electron chi connectivity index (χ0n) is 45.5. The van der Waals surface area contributed by atoms with Gasteiger partial charge in [-0.3, -0.25) is 23.4 Å². The van der Waals surface area contributed by atoms with Crippen molar-refractivity contribution in [2.24, 2.45) is 0 Å². The minimum absolute atomic E-state index is 0.164. The molecule has 0 aromatic heterocycles. The van der Waals surface area contributed by atoms with Crippen LogP contribution in [0.4, 0.5) is 0 Å². The average Bonchev–Trinajstić information content (AvgIpc) is 3.35. The number of aliphatic hydroxyl groups excluding tert-OH is 1. The number of allylic oxidation sites excluding steroid dienone is 4. The molecule has 0 aliphatic heterocycles. The van der Waals surface area contributed by atoms with Gasteiger partial charge in [-0.05, 0) is 51.4 Å². The quantitative estimate of drug-likeness (QED) is 0.0197. The first kappa shape index (κ1) is 68.0. The average molecular weight is 1010 g/mol. The summed E-state index contributed by atoms with van der Waals surface area (Å²) in [5.74, 6) is -1.45. The molecule has 0 spiro atoms. The van der Waals surface area contributed by atoms with Gasteiger partial charge in [0.1, 0.15) is 12.7 Å². The van der Waals surface area contributed by atoms with Gasteiger partial charge in [0.15, 0.2) is 6.10 Å². The summed E-state index contributed by atoms with van der Waals surface area (Å²) >= 11 is 0. The predicted octanol–water partition coefficient (Wildman–Crippen LogP) is 17.0. The van der Waals surface area contributed by atoms with Gasteiger partial charge in [0, 0.05) is 19.3 Å². The van der Waals surface area contributed by atoms with Gasteiger partial charge in [-0.1, -0.05) is 244 Å². The first-order valence-electron chi connectivity index (χ1n) is 29.2. The lowest BCUT2D eigenvalue weighted by atomic mass is 10.0. The number of phosphoric ester groups is 1. The second-order valence-electron chi connectivity index (χ2n) is 19.8. The molecule has 0 aliphatic rings. The molecule has 3 unspecified atom stereocenters. The zero-order chi connectivity index (χ0) is 51.3. The summed E-state index contributed by atoms with van der Waals surface area (Å²) in [6.45, 7) is 4.65. The third kappa shape index (κ3) is 50.9. The Morgan fingerprint density at radius 2 is 0.700 bits per heavy atom. The van der Waals surface area contributed by atoms with Crippen molar-refractivity contribution in [3.8, 4) is 0 Å². The third-order valence-corrected chi connectivity index (χ3v) is 13.8. The molecular formula is C58H109O11P. The number of ether oxygens (including phenoxy) is 3. The van der Waals surface area contributed by atoms with E-state index in [9.17, 15) is 28.9 Å². The van der Waals surface area contributed by atoms with Gasteiger partial charge in [0.05, 0.1) is 19.8 Å². The SMILES string of the molecule is CCCCC/C=C\C/C=C\CCCCCCCCCC(=O)OC(COC(=O)CCCCCCCCCCCCC)COP(=O)(O)OCC(CO)OC(=O)CCCCCCCCCCCCCCCCC. The molecule has 0 fully saturated rings. The third-order valence-electron chi connectivity index (χ3n) is 12.9. The highest BCUT2D eigenvalue weighted by atomic mass is 31.2. The van der Waals surface area contributed by atoms with E-state index in [1.807, 2.05) is 0 Å². The summed E-state index contributed by atoms with van der Waals surface area (Å²) < 4.78 is 39.5. The number of hydrogen-bond acceptors (Lipinski definition) is 10. The second kappa shape index (κ2) is 53.3. The zero-order valence-corrected chi connectivity index (χ0v) is 46.4. The molecule has 0 saturated heterocycles. The Morgan fingerprint density at radius 1 is 0.400 bits per heavy atom. The molecule has 0 saturated carbocycles. The van der Waals surface area contributed by atoms with E-state index < -0.39 is 57.8 Å². The van der Waals surface area contributed by atoms with Crippen molar-refractivity contribution >= 4 is 25.7 Å². The largest absolute Gasteiger partial charge is 0.472 e. The standard InChI is InChI=1S/C58H109O11P/c1-4-7-10-13-16-19-22-24-26-27-29-31-34-37-40-43-46-49-58(62)69-55(51-65-56(60)47-44-41-38-35-32-21-18-15-12-9-6-3)53-67-70(63,64)66-52-54(50-59)68-57(61)48-45-42-39-36-33-30-28-25-23-20-17-14-11-8-5-2/h16,19,24,26,54-55,59H,4-15,17-18,20-23,25,27-53H2,1-3H3,(H,63,64)/b19-16-,26-24-. The van der Waals surface area contributed by atoms with E-state index in [0.717, 1.165) is 77.0 Å². The van der Waals surface area contributed by atoms with Gasteiger partial charge >= 0.3 is 25.7 Å². The van der Waals surface area contributed by atoms with Crippen LogP contribution in [-0.4, -0.2) is 66.5 Å². The summed E-state index contributed by atoms with van der Waals surface area (Å²) in [5.41, 5.74) is 0. The van der Waals surface area contributed by atoms with E-state index >= 15 is 0 Å². The molecule has 2 N–H and O–H groups in total. The Balaban J connectivity index is 4.65. The van der Waals surface area contributed by atoms with Crippen molar-refractivity contribution < 1.29 is 52.2 Å². The maximum absolute atomic E-state index is 12.9. The van der Waals surface area contributed by atoms with E-state index in [-0.39, 0.29) is 25.9 Å². The number of aliphatic hydroxyl groups is 1. The minimum atomic E-state index is -4.74. The van der Waals surface area contributed by atoms with Crippen LogP contribution in [0.5, 0.6) is 0 Å². The van der Waals surface area contributed by atoms with Crippen LogP contribution in [0, 0.1) is 0 Å². The summed E-state index contributed by atoms with van der Waals surface area (Å²) in [7, 11) is -4.74. The van der Waals surface area contributed by atoms with Crippen molar-refractivity contribution in [3.63, 3.8) is 0 Å². The maximum atomic E-state index is 12.9. The molecule has 11 nitrogen and oxygen atoms in total. The molecule has 12 heteroatoms. The van der Waals surface area contributed by atoms with E-state index in [1.54, 1.807) is 0 Å². The van der Waals surface area contributed by atoms with E-state index in [4.69, 9.17) is 23.3 Å². The van der Waals surface area contributed by atoms with Crippen molar-refractivity contribution in [1.82, 2.24) is 0 Å². The highest BCUT2D eigenvalue weighted by Crippen LogP contribution is 2.43. The molecule has 0 bridgehead atoms. The Labute approximate surface area is 429 Å². The summed E-state index contributed by atoms with van der Waals surface area (Å²) in [5, 5.41) is 9.81. The van der Waals surface area contributed by atoms with Gasteiger partial charge in [0.25, 0.3) is 0 Å². The van der Waals surface area contributed by atoms with Crippen LogP contribution in [0.25, 0.3) is 0 Å². The predicted molar refractivity (Wildman–Crippen MR) is 289 cm³/mol. The normalized spacial score (nSPS) is 13.5. The molecule has 70 heavy (non-hydrogen) atoms. The van der Waals surface area contributed by atoms with Crippen LogP contribution < -0.4 is 0 Å². The van der Waals surface area contributed by atoms with Gasteiger partial charge in [-0.15, -0.1) is 0 Å². The van der Waals surface area contributed by atoms with Crippen LogP contribution >= 0.6 is 7.82 Å². The molecule has 0 aliphatic carbocycles. The highest BCUT2D eigenvalue weighted by molar-refractivity contribution is 7.47. The van der Waals surface area contributed by atoms with Crippen molar-refractivity contribution in [2.45, 2.75) is 303 Å². The number of rotatable bonds is 55. The molecule has 0 rings (SSSR count). The smallest absolute Gasteiger partial charge is 0.462 e. The van der Waals surface area contributed by atoms with Gasteiger partial charge < -0.3 is 24.2 Å². The summed E-state index contributed by atoms with van der Waals surface area (Å²) in [6.07, 6.45) is 52.7. The van der Waals surface area contributed by atoms with Crippen molar-refractivity contribution in [1.29, 1.82) is 0 Å². The molecule has 0 radical (unpaired) electrons. The number of phosphoric acid groups is 1. The fourth-order valence-electron chi connectivity index (χ4n) is 8.39. The minimum Gasteiger partial charge on any atom is -0.462 e. The lowest BCUT2D eigenvalue weighted by Crippen LogP contribution is -2.30. The lowest BCUT2D eigenvalue weighted by Gasteiger charge is -2.21. The molecule has 0 aromatic carbocycles.